The van der Waals surface area contributed by atoms with Crippen LogP contribution in [0.1, 0.15) is 24.0 Å². The van der Waals surface area contributed by atoms with Crippen LogP contribution in [-0.2, 0) is 0 Å². The molecule has 0 saturated heterocycles. The van der Waals surface area contributed by atoms with Crippen molar-refractivity contribution < 1.29 is 0 Å². The van der Waals surface area contributed by atoms with E-state index in [9.17, 15) is 0 Å². The van der Waals surface area contributed by atoms with Gasteiger partial charge in [-0.15, -0.1) is 0 Å². The van der Waals surface area contributed by atoms with Crippen molar-refractivity contribution in [2.24, 2.45) is 0 Å². The molecule has 1 atom stereocenters. The minimum atomic E-state index is 0.430. The molecule has 0 amide bonds. The second kappa shape index (κ2) is 4.35. The van der Waals surface area contributed by atoms with Gasteiger partial charge in [0.25, 0.3) is 0 Å². The van der Waals surface area contributed by atoms with E-state index in [1.165, 1.54) is 33.4 Å². The lowest BCUT2D eigenvalue weighted by Gasteiger charge is -2.29. The SMILES string of the molecule is CC(c1ccccc1)c1cccc2c1-c1ccccc1-2. The smallest absolute Gasteiger partial charge is 0.00673 e. The first-order valence-electron chi connectivity index (χ1n) is 7.14. The molecule has 20 heavy (non-hydrogen) atoms. The highest BCUT2D eigenvalue weighted by Gasteiger charge is 2.26. The summed E-state index contributed by atoms with van der Waals surface area (Å²) in [6, 6.07) is 26.1. The molecule has 96 valence electrons. The van der Waals surface area contributed by atoms with Crippen LogP contribution < -0.4 is 0 Å². The highest BCUT2D eigenvalue weighted by Crippen LogP contribution is 2.50. The zero-order chi connectivity index (χ0) is 13.5. The highest BCUT2D eigenvalue weighted by atomic mass is 14.3. The molecule has 0 saturated carbocycles. The molecular weight excluding hydrogens is 240 g/mol. The van der Waals surface area contributed by atoms with Crippen LogP contribution in [-0.4, -0.2) is 0 Å². The first-order valence-corrected chi connectivity index (χ1v) is 7.14. The van der Waals surface area contributed by atoms with E-state index >= 15 is 0 Å². The minimum Gasteiger partial charge on any atom is -0.0622 e. The van der Waals surface area contributed by atoms with Gasteiger partial charge in [0.2, 0.25) is 0 Å². The Hall–Kier alpha value is -2.34. The van der Waals surface area contributed by atoms with E-state index in [-0.39, 0.29) is 0 Å². The molecule has 0 radical (unpaired) electrons. The lowest BCUT2D eigenvalue weighted by molar-refractivity contribution is 0.923. The molecule has 0 N–H and O–H groups in total. The molecule has 1 aliphatic carbocycles. The molecule has 0 heteroatoms. The Morgan fingerprint density at radius 1 is 0.600 bits per heavy atom. The number of rotatable bonds is 2. The summed E-state index contributed by atoms with van der Waals surface area (Å²) in [5, 5.41) is 0. The van der Waals surface area contributed by atoms with Crippen molar-refractivity contribution in [2.45, 2.75) is 12.8 Å². The van der Waals surface area contributed by atoms with E-state index in [1.807, 2.05) is 0 Å². The van der Waals surface area contributed by atoms with E-state index in [4.69, 9.17) is 0 Å². The third-order valence-electron chi connectivity index (χ3n) is 4.35. The van der Waals surface area contributed by atoms with Crippen molar-refractivity contribution in [2.75, 3.05) is 0 Å². The summed E-state index contributed by atoms with van der Waals surface area (Å²) < 4.78 is 0. The van der Waals surface area contributed by atoms with Crippen LogP contribution in [0.2, 0.25) is 0 Å². The Bertz CT molecular complexity index is 769. The third-order valence-corrected chi connectivity index (χ3v) is 4.35. The summed E-state index contributed by atoms with van der Waals surface area (Å²) in [4.78, 5) is 0. The fourth-order valence-corrected chi connectivity index (χ4v) is 3.25. The topological polar surface area (TPSA) is 0 Å². The van der Waals surface area contributed by atoms with Gasteiger partial charge in [-0.3, -0.25) is 0 Å². The summed E-state index contributed by atoms with van der Waals surface area (Å²) >= 11 is 0. The van der Waals surface area contributed by atoms with Crippen LogP contribution in [0.5, 0.6) is 0 Å². The first-order chi connectivity index (χ1) is 9.86. The summed E-state index contributed by atoms with van der Waals surface area (Å²) in [6.07, 6.45) is 0. The zero-order valence-electron chi connectivity index (χ0n) is 11.5. The molecular formula is C20H16. The lowest BCUT2D eigenvalue weighted by Crippen LogP contribution is -2.06. The molecule has 0 aromatic heterocycles. The Labute approximate surface area is 119 Å². The average molecular weight is 256 g/mol. The third kappa shape index (κ3) is 1.55. The molecule has 4 rings (SSSR count). The summed E-state index contributed by atoms with van der Waals surface area (Å²) in [5.41, 5.74) is 8.46. The molecule has 1 unspecified atom stereocenters. The van der Waals surface area contributed by atoms with E-state index in [1.54, 1.807) is 0 Å². The summed E-state index contributed by atoms with van der Waals surface area (Å²) in [5.74, 6) is 0.430. The fraction of sp³-hybridized carbons (Fsp3) is 0.100. The van der Waals surface area contributed by atoms with Gasteiger partial charge in [-0.2, -0.15) is 0 Å². The van der Waals surface area contributed by atoms with Crippen LogP contribution in [0, 0.1) is 0 Å². The molecule has 1 aliphatic rings. The monoisotopic (exact) mass is 256 g/mol. The fourth-order valence-electron chi connectivity index (χ4n) is 3.25. The van der Waals surface area contributed by atoms with Gasteiger partial charge in [0, 0.05) is 5.92 Å². The summed E-state index contributed by atoms with van der Waals surface area (Å²) in [6.45, 7) is 2.30. The molecule has 0 aliphatic heterocycles. The maximum atomic E-state index is 2.30. The number of hydrogen-bond donors (Lipinski definition) is 0. The van der Waals surface area contributed by atoms with Crippen molar-refractivity contribution in [3.8, 4) is 22.3 Å². The van der Waals surface area contributed by atoms with Crippen LogP contribution in [0.4, 0.5) is 0 Å². The van der Waals surface area contributed by atoms with E-state index in [0.717, 1.165) is 0 Å². The predicted octanol–water partition coefficient (Wildman–Crippen LogP) is 5.49. The van der Waals surface area contributed by atoms with Gasteiger partial charge in [-0.05, 0) is 33.4 Å². The predicted molar refractivity (Wildman–Crippen MR) is 84.8 cm³/mol. The maximum absolute atomic E-state index is 2.30. The first kappa shape index (κ1) is 11.5. The van der Waals surface area contributed by atoms with Gasteiger partial charge in [0.15, 0.2) is 0 Å². The Balaban J connectivity index is 1.85. The van der Waals surface area contributed by atoms with E-state index in [0.29, 0.717) is 5.92 Å². The van der Waals surface area contributed by atoms with Crippen molar-refractivity contribution in [3.05, 3.63) is 83.9 Å². The quantitative estimate of drug-likeness (QED) is 0.445. The molecule has 3 aromatic carbocycles. The van der Waals surface area contributed by atoms with Gasteiger partial charge in [0.1, 0.15) is 0 Å². The summed E-state index contributed by atoms with van der Waals surface area (Å²) in [7, 11) is 0. The van der Waals surface area contributed by atoms with Crippen molar-refractivity contribution in [1.82, 2.24) is 0 Å². The van der Waals surface area contributed by atoms with Gasteiger partial charge in [-0.1, -0.05) is 79.7 Å². The maximum Gasteiger partial charge on any atom is 0.00673 e. The molecule has 0 spiro atoms. The minimum absolute atomic E-state index is 0.430. The Morgan fingerprint density at radius 2 is 1.25 bits per heavy atom. The standard InChI is InChI=1S/C20H16/c1-14(15-8-3-2-4-9-15)16-12-7-13-19-17-10-5-6-11-18(17)20(16)19/h2-14H,1H3. The van der Waals surface area contributed by atoms with E-state index < -0.39 is 0 Å². The van der Waals surface area contributed by atoms with Crippen molar-refractivity contribution in [3.63, 3.8) is 0 Å². The normalized spacial score (nSPS) is 13.1. The second-order valence-corrected chi connectivity index (χ2v) is 5.45. The molecule has 3 aromatic rings. The molecule has 0 fully saturated rings. The van der Waals surface area contributed by atoms with Crippen LogP contribution >= 0.6 is 0 Å². The van der Waals surface area contributed by atoms with Crippen molar-refractivity contribution >= 4 is 0 Å². The van der Waals surface area contributed by atoms with Crippen LogP contribution in [0.15, 0.2) is 72.8 Å². The zero-order valence-corrected chi connectivity index (χ0v) is 11.5. The van der Waals surface area contributed by atoms with Crippen LogP contribution in [0.25, 0.3) is 22.3 Å². The number of benzene rings is 3. The van der Waals surface area contributed by atoms with Gasteiger partial charge < -0.3 is 0 Å². The van der Waals surface area contributed by atoms with Crippen LogP contribution in [0.3, 0.4) is 0 Å². The average Bonchev–Trinajstić information content (AvgIpc) is 2.52. The number of hydrogen-bond acceptors (Lipinski definition) is 0. The van der Waals surface area contributed by atoms with Gasteiger partial charge >= 0.3 is 0 Å². The molecule has 0 heterocycles. The molecule has 0 bridgehead atoms. The lowest BCUT2D eigenvalue weighted by atomic mass is 9.74. The second-order valence-electron chi connectivity index (χ2n) is 5.45. The van der Waals surface area contributed by atoms with Crippen molar-refractivity contribution in [1.29, 1.82) is 0 Å². The Kier molecular flexibility index (Phi) is 2.50. The largest absolute Gasteiger partial charge is 0.0622 e. The molecule has 0 nitrogen and oxygen atoms in total. The Morgan fingerprint density at radius 3 is 2.05 bits per heavy atom. The van der Waals surface area contributed by atoms with Gasteiger partial charge in [0.05, 0.1) is 0 Å². The van der Waals surface area contributed by atoms with Gasteiger partial charge in [-0.25, -0.2) is 0 Å². The number of fused-ring (bicyclic) bond motifs is 4. The van der Waals surface area contributed by atoms with E-state index in [2.05, 4.69) is 79.7 Å². The highest BCUT2D eigenvalue weighted by molar-refractivity contribution is 6.04.